The second-order valence-corrected chi connectivity index (χ2v) is 1.55. The van der Waals surface area contributed by atoms with Crippen LogP contribution in [0.2, 0.25) is 0 Å². The average Bonchev–Trinajstić information content (AvgIpc) is 1.94. The third-order valence-corrected chi connectivity index (χ3v) is 0.920. The van der Waals surface area contributed by atoms with Gasteiger partial charge < -0.3 is 10.1 Å². The van der Waals surface area contributed by atoms with Crippen LogP contribution in [-0.2, 0) is 4.74 Å². The second kappa shape index (κ2) is 5.48. The van der Waals surface area contributed by atoms with Gasteiger partial charge in [0.05, 0.1) is 6.61 Å². The molecule has 1 saturated heterocycles. The molecule has 0 radical (unpaired) electrons. The van der Waals surface area contributed by atoms with Crippen LogP contribution in [0, 0.1) is 0 Å². The highest BCUT2D eigenvalue weighted by atomic mass is 16.5. The first kappa shape index (κ1) is 8.34. The Bertz CT molecular complexity index is 73.0. The number of rotatable bonds is 0. The predicted molar refractivity (Wildman–Crippen MR) is 39.1 cm³/mol. The van der Waals surface area contributed by atoms with Crippen molar-refractivity contribution in [2.75, 3.05) is 13.2 Å². The summed E-state index contributed by atoms with van der Waals surface area (Å²) in [4.78, 5) is 0. The minimum atomic E-state index is 0.714. The topological polar surface area (TPSA) is 21.3 Å². The third kappa shape index (κ3) is 3.88. The first-order valence-corrected chi connectivity index (χ1v) is 3.45. The lowest BCUT2D eigenvalue weighted by atomic mass is 10.4. The van der Waals surface area contributed by atoms with Gasteiger partial charge in [0.1, 0.15) is 0 Å². The molecule has 0 unspecified atom stereocenters. The standard InChI is InChI=1S/C5H9NO.C2H6/c1-5-6-3-2-4-7-5;1-2/h6H,1-4H2;1-2H3. The Kier molecular flexibility index (Phi) is 5.07. The fourth-order valence-corrected chi connectivity index (χ4v) is 0.546. The van der Waals surface area contributed by atoms with E-state index in [-0.39, 0.29) is 0 Å². The summed E-state index contributed by atoms with van der Waals surface area (Å²) in [5.74, 6) is 0.714. The van der Waals surface area contributed by atoms with Gasteiger partial charge in [-0.05, 0) is 13.0 Å². The van der Waals surface area contributed by atoms with E-state index in [0.29, 0.717) is 5.88 Å². The van der Waals surface area contributed by atoms with Gasteiger partial charge in [0.25, 0.3) is 0 Å². The van der Waals surface area contributed by atoms with Crippen molar-refractivity contribution in [3.05, 3.63) is 12.5 Å². The SMILES string of the molecule is C=C1NCCCO1.CC. The summed E-state index contributed by atoms with van der Waals surface area (Å²) in [5, 5.41) is 2.97. The van der Waals surface area contributed by atoms with Crippen LogP contribution in [0.15, 0.2) is 12.5 Å². The minimum Gasteiger partial charge on any atom is -0.480 e. The van der Waals surface area contributed by atoms with Crippen molar-refractivity contribution in [1.29, 1.82) is 0 Å². The Morgan fingerprint density at radius 1 is 1.56 bits per heavy atom. The second-order valence-electron chi connectivity index (χ2n) is 1.55. The van der Waals surface area contributed by atoms with Gasteiger partial charge in [-0.2, -0.15) is 0 Å². The van der Waals surface area contributed by atoms with Crippen molar-refractivity contribution in [1.82, 2.24) is 5.32 Å². The Morgan fingerprint density at radius 3 is 2.44 bits per heavy atom. The van der Waals surface area contributed by atoms with Crippen LogP contribution in [0.1, 0.15) is 20.3 Å². The van der Waals surface area contributed by atoms with Crippen LogP contribution in [0.4, 0.5) is 0 Å². The van der Waals surface area contributed by atoms with Crippen LogP contribution in [0.25, 0.3) is 0 Å². The van der Waals surface area contributed by atoms with Crippen molar-refractivity contribution in [3.63, 3.8) is 0 Å². The zero-order valence-electron chi connectivity index (χ0n) is 6.24. The molecule has 1 rings (SSSR count). The molecule has 0 spiro atoms. The van der Waals surface area contributed by atoms with Gasteiger partial charge >= 0.3 is 0 Å². The van der Waals surface area contributed by atoms with Crippen molar-refractivity contribution >= 4 is 0 Å². The Hall–Kier alpha value is -0.660. The molecule has 1 heterocycles. The van der Waals surface area contributed by atoms with Crippen LogP contribution >= 0.6 is 0 Å². The van der Waals surface area contributed by atoms with E-state index in [4.69, 9.17) is 4.74 Å². The van der Waals surface area contributed by atoms with Gasteiger partial charge in [0.2, 0.25) is 0 Å². The average molecular weight is 129 g/mol. The molecule has 0 amide bonds. The molecule has 0 aromatic carbocycles. The van der Waals surface area contributed by atoms with Gasteiger partial charge in [-0.15, -0.1) is 0 Å². The maximum atomic E-state index is 4.97. The molecule has 1 aliphatic heterocycles. The summed E-state index contributed by atoms with van der Waals surface area (Å²) in [6, 6.07) is 0. The number of nitrogens with one attached hydrogen (secondary N) is 1. The molecule has 0 atom stereocenters. The quantitative estimate of drug-likeness (QED) is 0.535. The molecule has 2 nitrogen and oxygen atoms in total. The van der Waals surface area contributed by atoms with E-state index in [1.54, 1.807) is 0 Å². The summed E-state index contributed by atoms with van der Waals surface area (Å²) >= 11 is 0. The maximum absolute atomic E-state index is 4.97. The highest BCUT2D eigenvalue weighted by Crippen LogP contribution is 1.95. The fourth-order valence-electron chi connectivity index (χ4n) is 0.546. The molecule has 1 aliphatic rings. The van der Waals surface area contributed by atoms with E-state index in [0.717, 1.165) is 19.6 Å². The van der Waals surface area contributed by atoms with Crippen molar-refractivity contribution in [2.45, 2.75) is 20.3 Å². The number of hydrogen-bond donors (Lipinski definition) is 1. The molecule has 54 valence electrons. The van der Waals surface area contributed by atoms with Crippen LogP contribution in [0.5, 0.6) is 0 Å². The molecular formula is C7H15NO. The molecule has 9 heavy (non-hydrogen) atoms. The summed E-state index contributed by atoms with van der Waals surface area (Å²) in [7, 11) is 0. The fraction of sp³-hybridized carbons (Fsp3) is 0.714. The highest BCUT2D eigenvalue weighted by Gasteiger charge is 1.98. The molecule has 1 N–H and O–H groups in total. The van der Waals surface area contributed by atoms with E-state index >= 15 is 0 Å². The van der Waals surface area contributed by atoms with Crippen molar-refractivity contribution in [2.24, 2.45) is 0 Å². The zero-order valence-corrected chi connectivity index (χ0v) is 6.24. The Balaban J connectivity index is 0.000000291. The van der Waals surface area contributed by atoms with E-state index in [2.05, 4.69) is 11.9 Å². The summed E-state index contributed by atoms with van der Waals surface area (Å²) in [6.07, 6.45) is 1.10. The Labute approximate surface area is 56.9 Å². The van der Waals surface area contributed by atoms with Gasteiger partial charge in [-0.3, -0.25) is 0 Å². The molecule has 0 aromatic heterocycles. The molecule has 0 bridgehead atoms. The number of ether oxygens (including phenoxy) is 1. The molecule has 1 fully saturated rings. The largest absolute Gasteiger partial charge is 0.480 e. The van der Waals surface area contributed by atoms with E-state index < -0.39 is 0 Å². The van der Waals surface area contributed by atoms with Crippen molar-refractivity contribution < 1.29 is 4.74 Å². The monoisotopic (exact) mass is 129 g/mol. The molecule has 0 aliphatic carbocycles. The number of hydrogen-bond acceptors (Lipinski definition) is 2. The van der Waals surface area contributed by atoms with E-state index in [9.17, 15) is 0 Å². The van der Waals surface area contributed by atoms with Gasteiger partial charge in [-0.1, -0.05) is 13.8 Å². The first-order chi connectivity index (χ1) is 4.39. The Morgan fingerprint density at radius 2 is 2.22 bits per heavy atom. The van der Waals surface area contributed by atoms with Gasteiger partial charge in [-0.25, -0.2) is 0 Å². The van der Waals surface area contributed by atoms with Crippen molar-refractivity contribution in [3.8, 4) is 0 Å². The zero-order chi connectivity index (χ0) is 7.11. The molecule has 0 saturated carbocycles. The predicted octanol–water partition coefficient (Wildman–Crippen LogP) is 1.49. The highest BCUT2D eigenvalue weighted by molar-refractivity contribution is 4.81. The molecule has 0 aromatic rings. The maximum Gasteiger partial charge on any atom is 0.179 e. The molecular weight excluding hydrogens is 114 g/mol. The van der Waals surface area contributed by atoms with Gasteiger partial charge in [0, 0.05) is 6.54 Å². The summed E-state index contributed by atoms with van der Waals surface area (Å²) in [5.41, 5.74) is 0. The molecule has 2 heteroatoms. The lowest BCUT2D eigenvalue weighted by Gasteiger charge is -2.15. The lowest BCUT2D eigenvalue weighted by molar-refractivity contribution is 0.159. The third-order valence-electron chi connectivity index (χ3n) is 0.920. The van der Waals surface area contributed by atoms with E-state index in [1.165, 1.54) is 0 Å². The first-order valence-electron chi connectivity index (χ1n) is 3.45. The van der Waals surface area contributed by atoms with Crippen LogP contribution < -0.4 is 5.32 Å². The normalized spacial score (nSPS) is 16.4. The lowest BCUT2D eigenvalue weighted by Crippen LogP contribution is -2.23. The van der Waals surface area contributed by atoms with Crippen LogP contribution in [0.3, 0.4) is 0 Å². The summed E-state index contributed by atoms with van der Waals surface area (Å²) < 4.78 is 4.97. The van der Waals surface area contributed by atoms with Crippen LogP contribution in [-0.4, -0.2) is 13.2 Å². The summed E-state index contributed by atoms with van der Waals surface area (Å²) in [6.45, 7) is 9.42. The minimum absolute atomic E-state index is 0.714. The van der Waals surface area contributed by atoms with E-state index in [1.807, 2.05) is 13.8 Å². The van der Waals surface area contributed by atoms with Gasteiger partial charge in [0.15, 0.2) is 5.88 Å². The smallest absolute Gasteiger partial charge is 0.179 e.